The molecule has 4 nitrogen and oxygen atoms in total. The molecule has 2 aromatic carbocycles. The van der Waals surface area contributed by atoms with Crippen molar-refractivity contribution in [1.29, 1.82) is 0 Å². The van der Waals surface area contributed by atoms with Crippen molar-refractivity contribution in [3.63, 3.8) is 0 Å². The zero-order chi connectivity index (χ0) is 17.4. The summed E-state index contributed by atoms with van der Waals surface area (Å²) in [6.45, 7) is 7.47. The first-order valence-corrected chi connectivity index (χ1v) is 8.02. The normalized spacial score (nSPS) is 11.7. The van der Waals surface area contributed by atoms with Crippen LogP contribution >= 0.6 is 0 Å². The number of H-pyrrole nitrogens is 1. The third kappa shape index (κ3) is 2.64. The van der Waals surface area contributed by atoms with E-state index in [2.05, 4.69) is 9.97 Å². The van der Waals surface area contributed by atoms with Crippen molar-refractivity contribution < 1.29 is 10.2 Å². The van der Waals surface area contributed by atoms with E-state index in [4.69, 9.17) is 0 Å². The molecule has 0 amide bonds. The summed E-state index contributed by atoms with van der Waals surface area (Å²) in [5, 5.41) is 20.5. The predicted octanol–water partition coefficient (Wildman–Crippen LogP) is 4.46. The van der Waals surface area contributed by atoms with E-state index in [-0.39, 0.29) is 11.5 Å². The number of hydrogen-bond acceptors (Lipinski definition) is 3. The number of phenolic OH excluding ortho intramolecular Hbond substituents is 2. The second kappa shape index (κ2) is 6.04. The number of nitrogens with zero attached hydrogens (tertiary/aromatic N) is 1. The largest absolute Gasteiger partial charge is 0.507 e. The van der Waals surface area contributed by atoms with E-state index in [9.17, 15) is 10.2 Å². The molecule has 0 bridgehead atoms. The Morgan fingerprint density at radius 3 is 2.42 bits per heavy atom. The first-order valence-electron chi connectivity index (χ1n) is 8.02. The Morgan fingerprint density at radius 1 is 1.00 bits per heavy atom. The van der Waals surface area contributed by atoms with Crippen molar-refractivity contribution in [3.8, 4) is 11.5 Å². The molecule has 124 valence electrons. The first-order chi connectivity index (χ1) is 11.4. The first kappa shape index (κ1) is 16.1. The lowest BCUT2D eigenvalue weighted by Crippen LogP contribution is -1.92. The molecule has 0 aliphatic carbocycles. The van der Waals surface area contributed by atoms with Crippen molar-refractivity contribution in [3.05, 3.63) is 57.9 Å². The summed E-state index contributed by atoms with van der Waals surface area (Å²) in [6, 6.07) is 6.07. The van der Waals surface area contributed by atoms with E-state index in [1.807, 2.05) is 58.0 Å². The minimum atomic E-state index is 0.222. The van der Waals surface area contributed by atoms with Gasteiger partial charge in [-0.1, -0.05) is 24.3 Å². The van der Waals surface area contributed by atoms with Gasteiger partial charge in [0.2, 0.25) is 0 Å². The van der Waals surface area contributed by atoms with Crippen LogP contribution in [0.2, 0.25) is 0 Å². The Balaban J connectivity index is 1.90. The quantitative estimate of drug-likeness (QED) is 0.623. The summed E-state index contributed by atoms with van der Waals surface area (Å²) in [4.78, 5) is 7.93. The minimum Gasteiger partial charge on any atom is -0.507 e. The monoisotopic (exact) mass is 322 g/mol. The fourth-order valence-electron chi connectivity index (χ4n) is 2.96. The number of allylic oxidation sites excluding steroid dienone is 1. The van der Waals surface area contributed by atoms with Gasteiger partial charge in [0.1, 0.15) is 17.3 Å². The van der Waals surface area contributed by atoms with E-state index in [0.29, 0.717) is 23.1 Å². The maximum absolute atomic E-state index is 10.3. The highest BCUT2D eigenvalue weighted by Gasteiger charge is 2.14. The minimum absolute atomic E-state index is 0.222. The lowest BCUT2D eigenvalue weighted by Gasteiger charge is -2.13. The molecule has 0 fully saturated rings. The topological polar surface area (TPSA) is 69.1 Å². The van der Waals surface area contributed by atoms with Gasteiger partial charge in [-0.15, -0.1) is 0 Å². The average molecular weight is 322 g/mol. The van der Waals surface area contributed by atoms with Crippen molar-refractivity contribution in [1.82, 2.24) is 9.97 Å². The van der Waals surface area contributed by atoms with E-state index < -0.39 is 0 Å². The van der Waals surface area contributed by atoms with Crippen LogP contribution in [0, 0.1) is 27.7 Å². The van der Waals surface area contributed by atoms with Gasteiger partial charge in [-0.25, -0.2) is 4.98 Å². The molecular weight excluding hydrogens is 300 g/mol. The zero-order valence-corrected chi connectivity index (χ0v) is 14.4. The number of rotatable bonds is 3. The van der Waals surface area contributed by atoms with Crippen LogP contribution in [0.1, 0.15) is 33.6 Å². The summed E-state index contributed by atoms with van der Waals surface area (Å²) in [5.74, 6) is 1.34. The molecule has 3 aromatic rings. The Morgan fingerprint density at radius 2 is 1.71 bits per heavy atom. The van der Waals surface area contributed by atoms with Gasteiger partial charge >= 0.3 is 0 Å². The van der Waals surface area contributed by atoms with Crippen LogP contribution in [-0.4, -0.2) is 20.2 Å². The number of para-hydroxylation sites is 1. The van der Waals surface area contributed by atoms with Gasteiger partial charge in [-0.05, 0) is 50.5 Å². The molecule has 4 heteroatoms. The number of nitrogens with one attached hydrogen (secondary N) is 1. The summed E-state index contributed by atoms with van der Waals surface area (Å²) >= 11 is 0. The number of aromatic hydroxyl groups is 2. The third-order valence-electron chi connectivity index (χ3n) is 4.65. The fourth-order valence-corrected chi connectivity index (χ4v) is 2.96. The van der Waals surface area contributed by atoms with Crippen molar-refractivity contribution >= 4 is 17.1 Å². The molecule has 0 spiro atoms. The van der Waals surface area contributed by atoms with Crippen LogP contribution in [0.15, 0.2) is 24.3 Å². The van der Waals surface area contributed by atoms with Gasteiger partial charge in [-0.2, -0.15) is 0 Å². The number of aromatic amines is 1. The lowest BCUT2D eigenvalue weighted by molar-refractivity contribution is 0.448. The van der Waals surface area contributed by atoms with Gasteiger partial charge in [0, 0.05) is 17.5 Å². The number of hydrogen-bond donors (Lipinski definition) is 3. The molecule has 0 unspecified atom stereocenters. The Kier molecular flexibility index (Phi) is 4.06. The molecule has 0 saturated carbocycles. The fraction of sp³-hybridized carbons (Fsp3) is 0.250. The summed E-state index contributed by atoms with van der Waals surface area (Å²) in [6.07, 6.45) is 4.42. The molecule has 0 radical (unpaired) electrons. The van der Waals surface area contributed by atoms with Gasteiger partial charge < -0.3 is 15.2 Å². The standard InChI is InChI=1S/C20H22N2O2/c1-11-7-5-9-16-18(11)22-17(21-16)10-6-8-15-14(4)19(23)12(2)13(3)20(15)24/h5-9,23-24H,10H2,1-4H3,(H,21,22)/b8-6+. The lowest BCUT2D eigenvalue weighted by atomic mass is 9.97. The number of aryl methyl sites for hydroxylation is 1. The maximum atomic E-state index is 10.3. The Hall–Kier alpha value is -2.75. The van der Waals surface area contributed by atoms with Crippen LogP contribution in [0.25, 0.3) is 17.1 Å². The molecule has 0 aliphatic rings. The maximum Gasteiger partial charge on any atom is 0.126 e. The van der Waals surface area contributed by atoms with Gasteiger partial charge in [0.05, 0.1) is 11.0 Å². The zero-order valence-electron chi connectivity index (χ0n) is 14.4. The molecule has 0 saturated heterocycles. The van der Waals surface area contributed by atoms with Crippen molar-refractivity contribution in [2.75, 3.05) is 0 Å². The third-order valence-corrected chi connectivity index (χ3v) is 4.65. The summed E-state index contributed by atoms with van der Waals surface area (Å²) in [5.41, 5.74) is 5.93. The van der Waals surface area contributed by atoms with Gasteiger partial charge in [0.15, 0.2) is 0 Å². The number of benzene rings is 2. The van der Waals surface area contributed by atoms with E-state index in [0.717, 1.165) is 28.0 Å². The molecule has 0 aliphatic heterocycles. The Labute approximate surface area is 141 Å². The SMILES string of the molecule is Cc1c(C)c(O)c(/C=C/Cc2nc3c(C)cccc3[nH]2)c(C)c1O. The molecule has 0 atom stereocenters. The molecule has 24 heavy (non-hydrogen) atoms. The molecule has 1 heterocycles. The molecular formula is C20H22N2O2. The van der Waals surface area contributed by atoms with Crippen LogP contribution in [0.5, 0.6) is 11.5 Å². The second-order valence-corrected chi connectivity index (χ2v) is 6.25. The van der Waals surface area contributed by atoms with E-state index in [1.165, 1.54) is 0 Å². The number of fused-ring (bicyclic) bond motifs is 1. The molecule has 1 aromatic heterocycles. The van der Waals surface area contributed by atoms with E-state index >= 15 is 0 Å². The second-order valence-electron chi connectivity index (χ2n) is 6.25. The number of imidazole rings is 1. The van der Waals surface area contributed by atoms with Gasteiger partial charge in [0.25, 0.3) is 0 Å². The van der Waals surface area contributed by atoms with Crippen LogP contribution in [0.4, 0.5) is 0 Å². The highest BCUT2D eigenvalue weighted by Crippen LogP contribution is 2.36. The average Bonchev–Trinajstić information content (AvgIpc) is 2.99. The van der Waals surface area contributed by atoms with Crippen LogP contribution in [0.3, 0.4) is 0 Å². The van der Waals surface area contributed by atoms with Crippen molar-refractivity contribution in [2.45, 2.75) is 34.1 Å². The number of aromatic nitrogens is 2. The predicted molar refractivity (Wildman–Crippen MR) is 97.6 cm³/mol. The molecule has 3 N–H and O–H groups in total. The summed E-state index contributed by atoms with van der Waals surface area (Å²) in [7, 11) is 0. The Bertz CT molecular complexity index is 923. The van der Waals surface area contributed by atoms with Crippen LogP contribution in [-0.2, 0) is 6.42 Å². The summed E-state index contributed by atoms with van der Waals surface area (Å²) < 4.78 is 0. The van der Waals surface area contributed by atoms with E-state index in [1.54, 1.807) is 0 Å². The highest BCUT2D eigenvalue weighted by molar-refractivity contribution is 5.78. The number of phenols is 2. The smallest absolute Gasteiger partial charge is 0.126 e. The molecule has 3 rings (SSSR count). The van der Waals surface area contributed by atoms with Gasteiger partial charge in [-0.3, -0.25) is 0 Å². The van der Waals surface area contributed by atoms with Crippen LogP contribution < -0.4 is 0 Å². The van der Waals surface area contributed by atoms with Crippen molar-refractivity contribution in [2.24, 2.45) is 0 Å². The highest BCUT2D eigenvalue weighted by atomic mass is 16.3.